The molecule has 0 aliphatic heterocycles. The predicted octanol–water partition coefficient (Wildman–Crippen LogP) is 39.6. The van der Waals surface area contributed by atoms with E-state index in [-0.39, 0.29) is 32.7 Å². The first-order valence-electron chi connectivity index (χ1n) is 78.3. The smallest absolute Gasteiger partial charge is 0.136 e. The van der Waals surface area contributed by atoms with Crippen LogP contribution in [0, 0.1) is 0 Å². The Labute approximate surface area is 911 Å². The van der Waals surface area contributed by atoms with Crippen LogP contribution in [-0.4, -0.2) is 0 Å². The third-order valence-corrected chi connectivity index (χ3v) is 24.3. The summed E-state index contributed by atoms with van der Waals surface area (Å²) in [6.07, 6.45) is 0. The first kappa shape index (κ1) is 37.2. The van der Waals surface area contributed by atoms with Gasteiger partial charge in [0.15, 0.2) is 0 Å². The maximum Gasteiger partial charge on any atom is 0.136 e. The standard InChI is InChI=1S/3C46H28O/c1-3-17-33-29(12-1)14-10-24-36(33)44-39-21-7-5-19-37(39)43(38-20-6-8-22-40(38)44)32-16-9-15-31(28-32)35-23-11-25-41-46(35)45-34-18-4-2-13-30(34)26-27-42(45)47-41;1-2-13-31-27-34(24-23-29(31)11-1)44-39-19-7-5-17-37(39)43(38-18-6-8-20-40(38)44)33-15-9-14-32(28-33)36-21-10-22-41-46(36)45-35-16-4-3-12-30(35)25-26-42(45)47-41;1-2-12-33-28-34(25-20-29(33)10-1)44-39-16-7-5-14-37(39)43(38-15-6-8-17-40(38)44)32-23-21-31(22-24-32)36-18-9-19-41-45(36)46-35-13-4-3-11-30(35)26-27-42(46)47-41/h3*1-28H/i1D,2D,3D,4D,5D,6D,7D,8D,9D,10D,11D,12D,13D,14D,15D,16D,17D,18D,19D,20D,21D,22D,23D,24D,25D,26D,27D,28D;1D,2D,5D,6D,7D,8D,11D,13D,17D,18D,19D,20D,23D,24D,27D;1D,2D,3D,4D,5D,6D,7D,8D,9D,10D,11D,12D,13D,14D,15D,16D,17D,18D,19D,20D,21D,22D,23D,24D,25D,26D,27D,28D. The van der Waals surface area contributed by atoms with Gasteiger partial charge in [-0.25, -0.2) is 0 Å². The van der Waals surface area contributed by atoms with Crippen LogP contribution < -0.4 is 0 Å². The third kappa shape index (κ3) is 13.3. The second-order valence-electron chi connectivity index (χ2n) is 31.8. The molecule has 0 fully saturated rings. The average molecular weight is 1860 g/mol. The molecule has 0 atom stereocenters. The van der Waals surface area contributed by atoms with E-state index in [1.54, 1.807) is 18.2 Å². The summed E-state index contributed by atoms with van der Waals surface area (Å²) in [7, 11) is 0. The van der Waals surface area contributed by atoms with Crippen LogP contribution in [0.5, 0.6) is 0 Å². The molecule has 0 spiro atoms. The summed E-state index contributed by atoms with van der Waals surface area (Å²) in [6.45, 7) is 0. The summed E-state index contributed by atoms with van der Waals surface area (Å²) in [5, 5.41) is -10.5. The second kappa shape index (κ2) is 33.2. The Morgan fingerprint density at radius 3 is 0.979 bits per heavy atom. The van der Waals surface area contributed by atoms with Gasteiger partial charge in [0.05, 0.1) is 97.3 Å². The van der Waals surface area contributed by atoms with Gasteiger partial charge in [-0.05, 0) is 290 Å². The molecule has 0 bridgehead atoms. The maximum absolute atomic E-state index is 10.1. The van der Waals surface area contributed by atoms with Crippen LogP contribution in [0.2, 0.25) is 0 Å². The van der Waals surface area contributed by atoms with Gasteiger partial charge in [-0.15, -0.1) is 0 Å². The highest BCUT2D eigenvalue weighted by Gasteiger charge is 2.26. The third-order valence-electron chi connectivity index (χ3n) is 24.3. The number of furan rings is 3. The minimum absolute atomic E-state index is 0.0288. The Balaban J connectivity index is 0.000000140. The van der Waals surface area contributed by atoms with Crippen molar-refractivity contribution in [2.24, 2.45) is 0 Å². The number of hydrogen-bond acceptors (Lipinski definition) is 3. The maximum atomic E-state index is 10.1. The summed E-state index contributed by atoms with van der Waals surface area (Å²) < 4.78 is 658. The van der Waals surface area contributed by atoms with Gasteiger partial charge in [0.1, 0.15) is 33.5 Å². The molecule has 0 amide bonds. The van der Waals surface area contributed by atoms with E-state index in [9.17, 15) is 37.0 Å². The Bertz CT molecular complexity index is 14900. The molecule has 3 heterocycles. The van der Waals surface area contributed by atoms with Gasteiger partial charge < -0.3 is 13.3 Å². The predicted molar refractivity (Wildman–Crippen MR) is 600 cm³/mol. The normalized spacial score (nSPS) is 18.9. The Morgan fingerprint density at radius 2 is 0.461 bits per heavy atom. The van der Waals surface area contributed by atoms with E-state index in [0.29, 0.717) is 22.3 Å². The van der Waals surface area contributed by atoms with Crippen LogP contribution in [0.25, 0.3) is 295 Å². The van der Waals surface area contributed by atoms with E-state index in [4.69, 9.17) is 73.6 Å². The Kier molecular flexibility index (Phi) is 8.75. The second-order valence-corrected chi connectivity index (χ2v) is 31.8. The van der Waals surface area contributed by atoms with Crippen LogP contribution in [0.3, 0.4) is 0 Å². The summed E-state index contributed by atoms with van der Waals surface area (Å²) in [5.41, 5.74) is -9.63. The quantitative estimate of drug-likeness (QED) is 0.135. The molecule has 0 N–H and O–H groups in total. The Morgan fingerprint density at radius 1 is 0.135 bits per heavy atom. The van der Waals surface area contributed by atoms with Gasteiger partial charge in [0, 0.05) is 32.3 Å². The minimum Gasteiger partial charge on any atom is -0.456 e. The van der Waals surface area contributed by atoms with Gasteiger partial charge in [-0.3, -0.25) is 0 Å². The molecule has 3 nitrogen and oxygen atoms in total. The van der Waals surface area contributed by atoms with Crippen molar-refractivity contribution in [2.45, 2.75) is 0 Å². The van der Waals surface area contributed by atoms with Crippen molar-refractivity contribution in [3.8, 4) is 100 Å². The lowest BCUT2D eigenvalue weighted by molar-refractivity contribution is 0.669. The molecule has 0 saturated carbocycles. The van der Waals surface area contributed by atoms with Crippen molar-refractivity contribution in [1.29, 1.82) is 0 Å². The molecule has 3 aromatic heterocycles. The molecule has 0 radical (unpaired) electrons. The zero-order valence-corrected chi connectivity index (χ0v) is 71.2. The lowest BCUT2D eigenvalue weighted by atomic mass is 9.84. The highest BCUT2D eigenvalue weighted by atomic mass is 16.3. The van der Waals surface area contributed by atoms with E-state index in [2.05, 4.69) is 0 Å². The fourth-order valence-corrected chi connectivity index (χ4v) is 18.4. The summed E-state index contributed by atoms with van der Waals surface area (Å²) >= 11 is 0. The van der Waals surface area contributed by atoms with Crippen molar-refractivity contribution >= 4 is 195 Å². The zero-order valence-electron chi connectivity index (χ0n) is 142. The fourth-order valence-electron chi connectivity index (χ4n) is 18.4. The number of fused-ring (bicyclic) bond motifs is 24. The average Bonchev–Trinajstić information content (AvgIpc) is 1.32. The minimum atomic E-state index is -1.11. The number of benzene rings is 27. The van der Waals surface area contributed by atoms with Crippen molar-refractivity contribution < 1.29 is 111 Å². The molecular weight excluding hydrogens is 1710 g/mol. The molecular formula is C138H84O3. The summed E-state index contributed by atoms with van der Waals surface area (Å²) in [6, 6.07) is -37.6. The lowest BCUT2D eigenvalue weighted by Gasteiger charge is -2.19. The summed E-state index contributed by atoms with van der Waals surface area (Å²) in [5.74, 6) is 0. The fraction of sp³-hybridized carbons (Fsp3) is 0. The van der Waals surface area contributed by atoms with Gasteiger partial charge >= 0.3 is 0 Å². The molecule has 0 unspecified atom stereocenters. The van der Waals surface area contributed by atoms with Crippen molar-refractivity contribution in [2.75, 3.05) is 0 Å². The van der Waals surface area contributed by atoms with Crippen LogP contribution in [0.1, 0.15) is 97.3 Å². The molecule has 27 aromatic carbocycles. The van der Waals surface area contributed by atoms with E-state index in [1.165, 1.54) is 0 Å². The lowest BCUT2D eigenvalue weighted by Crippen LogP contribution is -1.92. The first-order valence-corrected chi connectivity index (χ1v) is 42.8. The molecule has 0 aliphatic rings. The van der Waals surface area contributed by atoms with E-state index in [1.807, 2.05) is 60.7 Å². The van der Waals surface area contributed by atoms with E-state index < -0.39 is 642 Å². The molecule has 0 aliphatic carbocycles. The molecule has 141 heavy (non-hydrogen) atoms. The highest BCUT2D eigenvalue weighted by molar-refractivity contribution is 6.30. The van der Waals surface area contributed by atoms with Crippen molar-refractivity contribution in [3.05, 3.63) is 508 Å². The van der Waals surface area contributed by atoms with Crippen molar-refractivity contribution in [1.82, 2.24) is 0 Å². The Hall–Kier alpha value is -18.5. The topological polar surface area (TPSA) is 39.4 Å². The van der Waals surface area contributed by atoms with Crippen LogP contribution in [0.4, 0.5) is 0 Å². The number of rotatable bonds is 9. The van der Waals surface area contributed by atoms with Crippen LogP contribution >= 0.6 is 0 Å². The van der Waals surface area contributed by atoms with Crippen LogP contribution in [0.15, 0.2) is 521 Å². The molecule has 30 rings (SSSR count). The van der Waals surface area contributed by atoms with Gasteiger partial charge in [0.2, 0.25) is 0 Å². The molecule has 3 heteroatoms. The van der Waals surface area contributed by atoms with E-state index in [0.717, 1.165) is 27.1 Å². The monoisotopic (exact) mass is 1860 g/mol. The first-order chi connectivity index (χ1) is 99.5. The largest absolute Gasteiger partial charge is 0.456 e. The number of hydrogen-bond donors (Lipinski definition) is 0. The van der Waals surface area contributed by atoms with Gasteiger partial charge in [0.25, 0.3) is 0 Å². The van der Waals surface area contributed by atoms with Crippen molar-refractivity contribution in [3.63, 3.8) is 0 Å². The molecule has 0 saturated heterocycles. The van der Waals surface area contributed by atoms with E-state index >= 15 is 0 Å². The van der Waals surface area contributed by atoms with Gasteiger partial charge in [-0.2, -0.15) is 0 Å². The summed E-state index contributed by atoms with van der Waals surface area (Å²) in [4.78, 5) is 0. The zero-order chi connectivity index (χ0) is 154. The SMILES string of the molecule is [2H]c1c([2H])c(-c2c([2H])c([2H])c([2H])c3oc4c([2H])c([2H])c5c([2H])c([2H])c([2H])c([2H])c5c4c23)c([2H])c([2H])c1-c1c2c([2H])c([2H])c([2H])c([2H])c2c(-c2c([2H])c([2H])c3c([2H])c([2H])c([2H])c([2H])c3c2[2H])c2c([2H])c([2H])c([2H])c([2H])c12.[2H]c1c([2H])c(-c2c3c([2H])c([2H])c([2H])c([2H])c3c(-c3c([2H])c([2H])c([2H])c4c([2H])c([2H])c([2H])c([2H])c34)c3c([2H])c([2H])c([2H])c([2H])c23)c([2H])c(-c2c([2H])c([2H])c([2H])c3oc4c([2H])c([2H])c5c([2H])c([2H])c([2H])c([2H])c5c4c23)c1[2H].[2H]c1c([2H])c([2H])c2c([2H])c(-c3c4c([2H])c([2H])c([2H])c([2H])c4c(-c4cccc(-c5cccc6oc7ccc8ccccc8c7c56)c4)c4c([2H])c([2H])c([2H])c([2H])c34)c([2H])c([2H])c2c1[2H]. The highest BCUT2D eigenvalue weighted by Crippen LogP contribution is 2.53. The molecule has 654 valence electrons. The van der Waals surface area contributed by atoms with Gasteiger partial charge in [-0.1, -0.05) is 447 Å². The van der Waals surface area contributed by atoms with Crippen LogP contribution in [-0.2, 0) is 0 Å². The molecule has 30 aromatic rings.